The van der Waals surface area contributed by atoms with Gasteiger partial charge < -0.3 is 9.47 Å². The van der Waals surface area contributed by atoms with Gasteiger partial charge in [0.25, 0.3) is 0 Å². The van der Waals surface area contributed by atoms with Crippen molar-refractivity contribution in [3.63, 3.8) is 0 Å². The van der Waals surface area contributed by atoms with E-state index in [4.69, 9.17) is 14.5 Å². The molecule has 1 aliphatic rings. The van der Waals surface area contributed by atoms with E-state index < -0.39 is 0 Å². The third-order valence-corrected chi connectivity index (χ3v) is 5.82. The summed E-state index contributed by atoms with van der Waals surface area (Å²) in [6.07, 6.45) is 3.00. The Labute approximate surface area is 184 Å². The molecule has 3 heterocycles. The van der Waals surface area contributed by atoms with Gasteiger partial charge in [-0.05, 0) is 62.6 Å². The lowest BCUT2D eigenvalue weighted by Gasteiger charge is -2.32. The maximum absolute atomic E-state index is 6.14. The Morgan fingerprint density at radius 2 is 2.03 bits per heavy atom. The molecule has 1 saturated heterocycles. The van der Waals surface area contributed by atoms with Crippen LogP contribution in [0.2, 0.25) is 0 Å². The van der Waals surface area contributed by atoms with E-state index in [0.717, 1.165) is 55.4 Å². The minimum Gasteiger partial charge on any atom is -0.497 e. The first kappa shape index (κ1) is 21.5. The normalized spacial score (nSPS) is 17.1. The highest BCUT2D eigenvalue weighted by molar-refractivity contribution is 5.34. The Bertz CT molecular complexity index is 1030. The van der Waals surface area contributed by atoms with Gasteiger partial charge in [-0.3, -0.25) is 14.6 Å². The van der Waals surface area contributed by atoms with Crippen LogP contribution in [0, 0.1) is 13.8 Å². The first-order valence-corrected chi connectivity index (χ1v) is 11.0. The summed E-state index contributed by atoms with van der Waals surface area (Å²) in [5, 5.41) is 4.58. The number of ether oxygens (including phenoxy) is 2. The van der Waals surface area contributed by atoms with Gasteiger partial charge in [-0.25, -0.2) is 0 Å². The molecule has 0 spiro atoms. The van der Waals surface area contributed by atoms with Gasteiger partial charge in [0.1, 0.15) is 11.9 Å². The summed E-state index contributed by atoms with van der Waals surface area (Å²) in [5.41, 5.74) is 6.92. The number of aromatic nitrogens is 3. The topological polar surface area (TPSA) is 52.4 Å². The molecule has 1 aliphatic heterocycles. The summed E-state index contributed by atoms with van der Waals surface area (Å²) in [7, 11) is 1.70. The number of nitrogens with zero attached hydrogens (tertiary/aromatic N) is 4. The smallest absolute Gasteiger partial charge is 0.119 e. The van der Waals surface area contributed by atoms with Gasteiger partial charge >= 0.3 is 0 Å². The van der Waals surface area contributed by atoms with E-state index in [1.54, 1.807) is 7.11 Å². The molecule has 0 bridgehead atoms. The molecular formula is C25H32N4O2. The van der Waals surface area contributed by atoms with Gasteiger partial charge in [0.2, 0.25) is 0 Å². The minimum absolute atomic E-state index is 0.0146. The van der Waals surface area contributed by atoms with Crippen LogP contribution >= 0.6 is 0 Å². The summed E-state index contributed by atoms with van der Waals surface area (Å²) < 4.78 is 13.5. The maximum Gasteiger partial charge on any atom is 0.119 e. The molecule has 2 aromatic heterocycles. The second-order valence-corrected chi connectivity index (χ2v) is 8.26. The van der Waals surface area contributed by atoms with Crippen molar-refractivity contribution in [1.82, 2.24) is 19.7 Å². The van der Waals surface area contributed by atoms with Gasteiger partial charge in [0, 0.05) is 43.6 Å². The lowest BCUT2D eigenvalue weighted by atomic mass is 10.0. The number of pyridine rings is 1. The molecule has 0 unspecified atom stereocenters. The summed E-state index contributed by atoms with van der Waals surface area (Å²) in [5.74, 6) is 0.886. The predicted molar refractivity (Wildman–Crippen MR) is 121 cm³/mol. The van der Waals surface area contributed by atoms with Crippen molar-refractivity contribution in [2.45, 2.75) is 46.4 Å². The molecule has 3 aromatic rings. The summed E-state index contributed by atoms with van der Waals surface area (Å²) in [4.78, 5) is 7.26. The highest BCUT2D eigenvalue weighted by Gasteiger charge is 2.24. The lowest BCUT2D eigenvalue weighted by Crippen LogP contribution is -2.38. The second-order valence-electron chi connectivity index (χ2n) is 8.26. The number of hydrogen-bond donors (Lipinski definition) is 0. The van der Waals surface area contributed by atoms with E-state index in [2.05, 4.69) is 61.2 Å². The average molecular weight is 421 g/mol. The predicted octanol–water partition coefficient (Wildman–Crippen LogP) is 4.09. The first-order valence-electron chi connectivity index (χ1n) is 11.0. The number of morpholine rings is 1. The molecule has 6 nitrogen and oxygen atoms in total. The summed E-state index contributed by atoms with van der Waals surface area (Å²) in [6, 6.07) is 12.6. The monoisotopic (exact) mass is 420 g/mol. The molecule has 0 aliphatic carbocycles. The van der Waals surface area contributed by atoms with Gasteiger partial charge in [0.15, 0.2) is 0 Å². The highest BCUT2D eigenvalue weighted by atomic mass is 16.5. The third-order valence-electron chi connectivity index (χ3n) is 5.82. The van der Waals surface area contributed by atoms with Gasteiger partial charge in [-0.2, -0.15) is 5.10 Å². The summed E-state index contributed by atoms with van der Waals surface area (Å²) >= 11 is 0. The van der Waals surface area contributed by atoms with Crippen LogP contribution in [0.3, 0.4) is 0 Å². The Morgan fingerprint density at radius 3 is 2.81 bits per heavy atom. The van der Waals surface area contributed by atoms with Crippen molar-refractivity contribution >= 4 is 0 Å². The largest absolute Gasteiger partial charge is 0.497 e. The molecule has 0 N–H and O–H groups in total. The lowest BCUT2D eigenvalue weighted by molar-refractivity contribution is -0.0351. The standard InChI is InChI=1S/C25H32N4O2/c1-5-29-16-22(19(3)27-29)15-28-9-10-31-25(17-28)24-14-21(11-18(2)26-24)12-20-7-6-8-23(13-20)30-4/h6-8,11,13-14,16,25H,5,9-10,12,15,17H2,1-4H3/t25-/m1/s1. The third kappa shape index (κ3) is 5.32. The Kier molecular flexibility index (Phi) is 6.68. The van der Waals surface area contributed by atoms with Crippen LogP contribution in [-0.4, -0.2) is 46.5 Å². The van der Waals surface area contributed by atoms with Crippen molar-refractivity contribution in [3.8, 4) is 5.75 Å². The number of aryl methyl sites for hydroxylation is 3. The number of rotatable bonds is 7. The zero-order chi connectivity index (χ0) is 21.8. The van der Waals surface area contributed by atoms with Crippen molar-refractivity contribution in [3.05, 3.63) is 76.4 Å². The summed E-state index contributed by atoms with van der Waals surface area (Å²) in [6.45, 7) is 10.5. The number of methoxy groups -OCH3 is 1. The Morgan fingerprint density at radius 1 is 1.16 bits per heavy atom. The molecule has 0 saturated carbocycles. The second kappa shape index (κ2) is 9.62. The fourth-order valence-electron chi connectivity index (χ4n) is 4.20. The van der Waals surface area contributed by atoms with Crippen molar-refractivity contribution < 1.29 is 9.47 Å². The molecule has 164 valence electrons. The van der Waals surface area contributed by atoms with Gasteiger partial charge in [0.05, 0.1) is 25.1 Å². The van der Waals surface area contributed by atoms with Gasteiger partial charge in [-0.15, -0.1) is 0 Å². The SMILES string of the molecule is CCn1cc(CN2CCO[C@@H](c3cc(Cc4cccc(OC)c4)cc(C)n3)C2)c(C)n1. The van der Waals surface area contributed by atoms with E-state index in [1.807, 2.05) is 16.8 Å². The van der Waals surface area contributed by atoms with Crippen LogP contribution in [0.15, 0.2) is 42.6 Å². The molecule has 6 heteroatoms. The Hall–Kier alpha value is -2.70. The number of benzene rings is 1. The van der Waals surface area contributed by atoms with Crippen LogP contribution in [0.4, 0.5) is 0 Å². The fraction of sp³-hybridized carbons (Fsp3) is 0.440. The van der Waals surface area contributed by atoms with Crippen molar-refractivity contribution in [2.75, 3.05) is 26.8 Å². The minimum atomic E-state index is -0.0146. The quantitative estimate of drug-likeness (QED) is 0.576. The van der Waals surface area contributed by atoms with E-state index in [1.165, 1.54) is 16.7 Å². The van der Waals surface area contributed by atoms with Crippen LogP contribution in [0.25, 0.3) is 0 Å². The number of hydrogen-bond acceptors (Lipinski definition) is 5. The fourth-order valence-corrected chi connectivity index (χ4v) is 4.20. The van der Waals surface area contributed by atoms with Crippen LogP contribution in [0.1, 0.15) is 46.8 Å². The molecule has 1 fully saturated rings. The van der Waals surface area contributed by atoms with E-state index in [9.17, 15) is 0 Å². The zero-order valence-corrected chi connectivity index (χ0v) is 19.0. The first-order chi connectivity index (χ1) is 15.0. The van der Waals surface area contributed by atoms with Crippen LogP contribution < -0.4 is 4.74 Å². The maximum atomic E-state index is 6.14. The van der Waals surface area contributed by atoms with Crippen LogP contribution in [0.5, 0.6) is 5.75 Å². The van der Waals surface area contributed by atoms with Crippen molar-refractivity contribution in [2.24, 2.45) is 0 Å². The molecule has 1 aromatic carbocycles. The van der Waals surface area contributed by atoms with E-state index in [0.29, 0.717) is 6.61 Å². The Balaban J connectivity index is 1.48. The molecule has 4 rings (SSSR count). The zero-order valence-electron chi connectivity index (χ0n) is 19.0. The molecule has 0 amide bonds. The highest BCUT2D eigenvalue weighted by Crippen LogP contribution is 2.25. The molecule has 0 radical (unpaired) electrons. The van der Waals surface area contributed by atoms with E-state index in [-0.39, 0.29) is 6.10 Å². The average Bonchev–Trinajstić information content (AvgIpc) is 3.13. The van der Waals surface area contributed by atoms with Crippen LogP contribution in [-0.2, 0) is 24.2 Å². The molecule has 31 heavy (non-hydrogen) atoms. The molecule has 1 atom stereocenters. The van der Waals surface area contributed by atoms with Gasteiger partial charge in [-0.1, -0.05) is 12.1 Å². The van der Waals surface area contributed by atoms with E-state index >= 15 is 0 Å². The van der Waals surface area contributed by atoms with Crippen molar-refractivity contribution in [1.29, 1.82) is 0 Å². The molecular weight excluding hydrogens is 388 g/mol.